The number of hydrogen-bond donors (Lipinski definition) is 2. The maximum atomic E-state index is 9.43. The monoisotopic (exact) mass is 323 g/mol. The average molecular weight is 324 g/mol. The van der Waals surface area contributed by atoms with E-state index >= 15 is 0 Å². The summed E-state index contributed by atoms with van der Waals surface area (Å²) in [7, 11) is 0. The van der Waals surface area contributed by atoms with E-state index in [1.165, 1.54) is 0 Å². The molecule has 2 aromatic carbocycles. The van der Waals surface area contributed by atoms with E-state index in [4.69, 9.17) is 27.9 Å². The van der Waals surface area contributed by atoms with Crippen LogP contribution in [0.4, 0.5) is 0 Å². The second kappa shape index (κ2) is 6.14. The molecule has 3 nitrogen and oxygen atoms in total. The smallest absolute Gasteiger partial charge is 0.127 e. The fraction of sp³-hybridized carbons (Fsp3) is 0.250. The number of hydrogen-bond acceptors (Lipinski definition) is 3. The fourth-order valence-corrected chi connectivity index (χ4v) is 2.98. The van der Waals surface area contributed by atoms with Crippen LogP contribution in [0.2, 0.25) is 10.0 Å². The third kappa shape index (κ3) is 3.26. The van der Waals surface area contributed by atoms with Crippen molar-refractivity contribution < 1.29 is 9.84 Å². The molecule has 0 saturated heterocycles. The highest BCUT2D eigenvalue weighted by Gasteiger charge is 2.23. The molecule has 1 aliphatic heterocycles. The number of ether oxygens (including phenoxy) is 1. The molecule has 1 unspecified atom stereocenters. The number of benzene rings is 2. The second-order valence-corrected chi connectivity index (χ2v) is 5.87. The molecule has 5 heteroatoms. The van der Waals surface area contributed by atoms with E-state index in [1.54, 1.807) is 18.2 Å². The van der Waals surface area contributed by atoms with E-state index in [0.717, 1.165) is 29.8 Å². The number of aromatic hydroxyl groups is 1. The highest BCUT2D eigenvalue weighted by atomic mass is 35.5. The minimum atomic E-state index is 0.145. The third-order valence-corrected chi connectivity index (χ3v) is 4.17. The molecule has 0 aliphatic carbocycles. The molecule has 1 heterocycles. The lowest BCUT2D eigenvalue weighted by Gasteiger charge is -2.12. The van der Waals surface area contributed by atoms with Crippen LogP contribution >= 0.6 is 23.2 Å². The summed E-state index contributed by atoms with van der Waals surface area (Å²) in [5.74, 6) is 0.972. The molecular weight excluding hydrogens is 309 g/mol. The van der Waals surface area contributed by atoms with Crippen LogP contribution in [0.5, 0.6) is 11.5 Å². The van der Waals surface area contributed by atoms with E-state index in [1.807, 2.05) is 18.2 Å². The topological polar surface area (TPSA) is 41.5 Å². The molecule has 0 radical (unpaired) electrons. The van der Waals surface area contributed by atoms with Crippen LogP contribution in [-0.2, 0) is 6.42 Å². The van der Waals surface area contributed by atoms with Crippen LogP contribution in [0, 0.1) is 0 Å². The maximum Gasteiger partial charge on any atom is 0.127 e. The highest BCUT2D eigenvalue weighted by Crippen LogP contribution is 2.34. The largest absolute Gasteiger partial charge is 0.508 e. The third-order valence-electron chi connectivity index (χ3n) is 3.58. The van der Waals surface area contributed by atoms with Gasteiger partial charge in [0.15, 0.2) is 0 Å². The number of halogens is 2. The highest BCUT2D eigenvalue weighted by molar-refractivity contribution is 6.35. The molecule has 0 saturated carbocycles. The Morgan fingerprint density at radius 3 is 2.86 bits per heavy atom. The molecule has 2 N–H and O–H groups in total. The maximum absolute atomic E-state index is 9.43. The van der Waals surface area contributed by atoms with E-state index < -0.39 is 0 Å². The van der Waals surface area contributed by atoms with Crippen molar-refractivity contribution in [2.45, 2.75) is 12.5 Å². The molecule has 0 aromatic heterocycles. The first kappa shape index (κ1) is 14.5. The van der Waals surface area contributed by atoms with Gasteiger partial charge in [-0.25, -0.2) is 0 Å². The Morgan fingerprint density at radius 1 is 1.19 bits per heavy atom. The molecule has 0 bridgehead atoms. The van der Waals surface area contributed by atoms with Crippen molar-refractivity contribution in [1.29, 1.82) is 0 Å². The summed E-state index contributed by atoms with van der Waals surface area (Å²) >= 11 is 12.0. The summed E-state index contributed by atoms with van der Waals surface area (Å²) in [5, 5.41) is 14.2. The Balaban J connectivity index is 1.60. The predicted molar refractivity (Wildman–Crippen MR) is 84.5 cm³/mol. The standard InChI is InChI=1S/C16H15Cl2NO2/c17-11-2-1-10(14(18)7-11)5-6-19-15-9-21-16-8-12(20)3-4-13(15)16/h1-4,7-8,15,19-20H,5-6,9H2. The van der Waals surface area contributed by atoms with Gasteiger partial charge in [-0.1, -0.05) is 29.3 Å². The zero-order valence-electron chi connectivity index (χ0n) is 11.3. The van der Waals surface area contributed by atoms with Gasteiger partial charge in [-0.15, -0.1) is 0 Å². The number of phenolic OH excluding ortho intramolecular Hbond substituents is 1. The molecule has 0 fully saturated rings. The van der Waals surface area contributed by atoms with Crippen molar-refractivity contribution >= 4 is 23.2 Å². The van der Waals surface area contributed by atoms with Gasteiger partial charge in [0, 0.05) is 21.7 Å². The summed E-state index contributed by atoms with van der Waals surface area (Å²) in [6, 6.07) is 10.9. The lowest BCUT2D eigenvalue weighted by molar-refractivity contribution is 0.311. The number of phenols is 1. The van der Waals surface area contributed by atoms with E-state index in [9.17, 15) is 5.11 Å². The van der Waals surface area contributed by atoms with Gasteiger partial charge in [0.25, 0.3) is 0 Å². The summed E-state index contributed by atoms with van der Waals surface area (Å²) < 4.78 is 5.57. The van der Waals surface area contributed by atoms with E-state index in [2.05, 4.69) is 5.32 Å². The Hall–Kier alpha value is -1.42. The average Bonchev–Trinajstić information content (AvgIpc) is 2.83. The van der Waals surface area contributed by atoms with Crippen molar-refractivity contribution in [2.24, 2.45) is 0 Å². The zero-order valence-corrected chi connectivity index (χ0v) is 12.8. The molecule has 0 spiro atoms. The minimum Gasteiger partial charge on any atom is -0.508 e. The van der Waals surface area contributed by atoms with E-state index in [-0.39, 0.29) is 11.8 Å². The Morgan fingerprint density at radius 2 is 2.05 bits per heavy atom. The predicted octanol–water partition coefficient (Wildman–Crippen LogP) is 3.96. The Labute approximate surface area is 133 Å². The molecule has 2 aromatic rings. The number of nitrogens with one attached hydrogen (secondary N) is 1. The van der Waals surface area contributed by atoms with Crippen molar-refractivity contribution in [1.82, 2.24) is 5.32 Å². The zero-order chi connectivity index (χ0) is 14.8. The molecule has 3 rings (SSSR count). The molecular formula is C16H15Cl2NO2. The van der Waals surface area contributed by atoms with Crippen LogP contribution in [0.25, 0.3) is 0 Å². The van der Waals surface area contributed by atoms with Crippen molar-refractivity contribution in [3.63, 3.8) is 0 Å². The molecule has 0 amide bonds. The Bertz CT molecular complexity index is 661. The van der Waals surface area contributed by atoms with E-state index in [0.29, 0.717) is 16.7 Å². The molecule has 21 heavy (non-hydrogen) atoms. The van der Waals surface area contributed by atoms with Gasteiger partial charge in [0.2, 0.25) is 0 Å². The first-order chi connectivity index (χ1) is 10.1. The quantitative estimate of drug-likeness (QED) is 0.894. The van der Waals surface area contributed by atoms with Gasteiger partial charge in [-0.3, -0.25) is 0 Å². The van der Waals surface area contributed by atoms with Crippen LogP contribution in [0.15, 0.2) is 36.4 Å². The molecule has 110 valence electrons. The summed E-state index contributed by atoms with van der Waals surface area (Å²) in [5.41, 5.74) is 2.15. The number of fused-ring (bicyclic) bond motifs is 1. The number of rotatable bonds is 4. The van der Waals surface area contributed by atoms with Crippen molar-refractivity contribution in [3.8, 4) is 11.5 Å². The second-order valence-electron chi connectivity index (χ2n) is 5.03. The fourth-order valence-electron chi connectivity index (χ4n) is 2.47. The molecule has 1 aliphatic rings. The van der Waals surface area contributed by atoms with Gasteiger partial charge in [0.05, 0.1) is 6.04 Å². The first-order valence-electron chi connectivity index (χ1n) is 6.76. The lowest BCUT2D eigenvalue weighted by Crippen LogP contribution is -2.24. The summed E-state index contributed by atoms with van der Waals surface area (Å²) in [6.07, 6.45) is 0.819. The van der Waals surface area contributed by atoms with Gasteiger partial charge >= 0.3 is 0 Å². The minimum absolute atomic E-state index is 0.145. The van der Waals surface area contributed by atoms with Crippen LogP contribution in [-0.4, -0.2) is 18.3 Å². The van der Waals surface area contributed by atoms with Crippen molar-refractivity contribution in [3.05, 3.63) is 57.6 Å². The SMILES string of the molecule is Oc1ccc2c(c1)OCC2NCCc1ccc(Cl)cc1Cl. The summed E-state index contributed by atoms with van der Waals surface area (Å²) in [6.45, 7) is 1.36. The van der Waals surface area contributed by atoms with Gasteiger partial charge in [0.1, 0.15) is 18.1 Å². The van der Waals surface area contributed by atoms with Gasteiger partial charge in [-0.2, -0.15) is 0 Å². The Kier molecular flexibility index (Phi) is 4.24. The summed E-state index contributed by atoms with van der Waals surface area (Å²) in [4.78, 5) is 0. The van der Waals surface area contributed by atoms with Gasteiger partial charge in [-0.05, 0) is 42.8 Å². The van der Waals surface area contributed by atoms with Gasteiger partial charge < -0.3 is 15.2 Å². The van der Waals surface area contributed by atoms with Crippen LogP contribution < -0.4 is 10.1 Å². The van der Waals surface area contributed by atoms with Crippen LogP contribution in [0.3, 0.4) is 0 Å². The van der Waals surface area contributed by atoms with Crippen LogP contribution in [0.1, 0.15) is 17.2 Å². The molecule has 1 atom stereocenters. The first-order valence-corrected chi connectivity index (χ1v) is 7.52. The van der Waals surface area contributed by atoms with Crippen molar-refractivity contribution in [2.75, 3.05) is 13.2 Å². The normalized spacial score (nSPS) is 16.6. The lowest BCUT2D eigenvalue weighted by atomic mass is 10.1.